The molecule has 1 heterocycles. The van der Waals surface area contributed by atoms with Gasteiger partial charge in [0.2, 0.25) is 0 Å². The van der Waals surface area contributed by atoms with Gasteiger partial charge in [-0.3, -0.25) is 14.7 Å². The third-order valence-corrected chi connectivity index (χ3v) is 5.13. The molecule has 4 aromatic rings. The van der Waals surface area contributed by atoms with E-state index in [1.165, 1.54) is 30.3 Å². The maximum Gasteiger partial charge on any atom is 0.294 e. The second-order valence-electron chi connectivity index (χ2n) is 6.09. The molecular weight excluding hydrogens is 418 g/mol. The van der Waals surface area contributed by atoms with Gasteiger partial charge in [-0.05, 0) is 30.3 Å². The molecule has 0 spiro atoms. The van der Waals surface area contributed by atoms with E-state index in [9.17, 15) is 23.1 Å². The Morgan fingerprint density at radius 1 is 0.931 bits per heavy atom. The van der Waals surface area contributed by atoms with E-state index in [0.29, 0.717) is 33.2 Å². The normalized spacial score (nSPS) is 11.2. The molecule has 0 unspecified atom stereocenters. The number of nitrogens with one attached hydrogen (secondary N) is 1. The molecule has 3 aromatic carbocycles. The minimum absolute atomic E-state index is 0. The van der Waals surface area contributed by atoms with Crippen LogP contribution in [0.15, 0.2) is 71.6 Å². The van der Waals surface area contributed by atoms with Crippen LogP contribution in [-0.4, -0.2) is 22.9 Å². The Hall–Kier alpha value is -3.27. The van der Waals surface area contributed by atoms with Gasteiger partial charge < -0.3 is 5.32 Å². The fourth-order valence-electron chi connectivity index (χ4n) is 3.01. The van der Waals surface area contributed by atoms with Crippen molar-refractivity contribution in [2.75, 3.05) is 5.32 Å². The van der Waals surface area contributed by atoms with Gasteiger partial charge in [0.15, 0.2) is 0 Å². The molecule has 0 aliphatic carbocycles. The number of rotatable bonds is 4. The molecule has 0 radical (unpaired) electrons. The van der Waals surface area contributed by atoms with E-state index in [2.05, 4.69) is 10.3 Å². The number of nitrogens with zero attached hydrogens (tertiary/aromatic N) is 2. The number of hydrogen-bond donors (Lipinski definition) is 2. The van der Waals surface area contributed by atoms with E-state index in [4.69, 9.17) is 0 Å². The van der Waals surface area contributed by atoms with Crippen LogP contribution in [0.3, 0.4) is 0 Å². The molecule has 0 aliphatic rings. The number of benzene rings is 3. The summed E-state index contributed by atoms with van der Waals surface area (Å²) in [6.45, 7) is 0. The predicted octanol–water partition coefficient (Wildman–Crippen LogP) is 4.71. The molecule has 2 N–H and O–H groups in total. The molecule has 8 nitrogen and oxygen atoms in total. The van der Waals surface area contributed by atoms with Crippen molar-refractivity contribution in [3.63, 3.8) is 0 Å². The molecule has 10 heteroatoms. The van der Waals surface area contributed by atoms with Crippen molar-refractivity contribution in [1.82, 2.24) is 4.98 Å². The number of aromatic nitrogens is 1. The van der Waals surface area contributed by atoms with Crippen molar-refractivity contribution in [1.29, 1.82) is 0 Å². The molecule has 0 saturated carbocycles. The number of pyridine rings is 1. The average molecular weight is 432 g/mol. The third kappa shape index (κ3) is 3.97. The van der Waals surface area contributed by atoms with Crippen molar-refractivity contribution in [2.24, 2.45) is 0 Å². The maximum absolute atomic E-state index is 11.4. The van der Waals surface area contributed by atoms with E-state index in [-0.39, 0.29) is 23.0 Å². The zero-order valence-electron chi connectivity index (χ0n) is 14.6. The van der Waals surface area contributed by atoms with E-state index in [1.54, 1.807) is 12.1 Å². The Morgan fingerprint density at radius 3 is 2.38 bits per heavy atom. The number of fused-ring (bicyclic) bond motifs is 2. The van der Waals surface area contributed by atoms with Gasteiger partial charge in [-0.2, -0.15) is 8.42 Å². The Kier molecular flexibility index (Phi) is 5.38. The van der Waals surface area contributed by atoms with Crippen LogP contribution in [0.2, 0.25) is 0 Å². The smallest absolute Gasteiger partial charge is 0.294 e. The zero-order chi connectivity index (χ0) is 19.9. The van der Waals surface area contributed by atoms with Gasteiger partial charge >= 0.3 is 0 Å². The van der Waals surface area contributed by atoms with Crippen LogP contribution < -0.4 is 5.32 Å². The number of non-ortho nitro benzene ring substituents is 1. The monoisotopic (exact) mass is 431 g/mol. The zero-order valence-corrected chi connectivity index (χ0v) is 16.3. The number of nitro benzene ring substituents is 1. The minimum atomic E-state index is -4.36. The third-order valence-electron chi connectivity index (χ3n) is 4.28. The van der Waals surface area contributed by atoms with E-state index >= 15 is 0 Å². The van der Waals surface area contributed by atoms with E-state index in [1.807, 2.05) is 24.3 Å². The van der Waals surface area contributed by atoms with E-state index in [0.717, 1.165) is 0 Å². The number of para-hydroxylation sites is 1. The second kappa shape index (κ2) is 7.63. The second-order valence-corrected chi connectivity index (χ2v) is 7.51. The van der Waals surface area contributed by atoms with Gasteiger partial charge in [-0.15, -0.1) is 12.4 Å². The largest absolute Gasteiger partial charge is 0.354 e. The van der Waals surface area contributed by atoms with Crippen LogP contribution in [-0.2, 0) is 10.1 Å². The van der Waals surface area contributed by atoms with Crippen LogP contribution in [0.25, 0.3) is 21.8 Å². The summed E-state index contributed by atoms with van der Waals surface area (Å²) in [7, 11) is -4.36. The highest BCUT2D eigenvalue weighted by molar-refractivity contribution is 7.85. The van der Waals surface area contributed by atoms with Gasteiger partial charge in [0.25, 0.3) is 15.8 Å². The molecule has 0 fully saturated rings. The summed E-state index contributed by atoms with van der Waals surface area (Å²) in [5.74, 6) is 0. The Morgan fingerprint density at radius 2 is 1.66 bits per heavy atom. The highest BCUT2D eigenvalue weighted by Crippen LogP contribution is 2.35. The molecule has 0 amide bonds. The Labute approximate surface area is 171 Å². The predicted molar refractivity (Wildman–Crippen MR) is 113 cm³/mol. The summed E-state index contributed by atoms with van der Waals surface area (Å²) in [6.07, 6.45) is 0. The Balaban J connectivity index is 0.00000240. The summed E-state index contributed by atoms with van der Waals surface area (Å²) in [5.41, 5.74) is 2.10. The summed E-state index contributed by atoms with van der Waals surface area (Å²) in [6, 6.07) is 17.3. The molecular formula is C19H14ClN3O5S. The highest BCUT2D eigenvalue weighted by Gasteiger charge is 2.15. The number of hydrogen-bond acceptors (Lipinski definition) is 6. The summed E-state index contributed by atoms with van der Waals surface area (Å²) in [4.78, 5) is 15.0. The van der Waals surface area contributed by atoms with Gasteiger partial charge in [-0.25, -0.2) is 4.98 Å². The first kappa shape index (κ1) is 20.5. The first-order valence-electron chi connectivity index (χ1n) is 8.14. The van der Waals surface area contributed by atoms with Crippen molar-refractivity contribution < 1.29 is 17.9 Å². The molecule has 148 valence electrons. The molecule has 1 aromatic heterocycles. The summed E-state index contributed by atoms with van der Waals surface area (Å²) < 4.78 is 32.1. The van der Waals surface area contributed by atoms with Crippen LogP contribution in [0.4, 0.5) is 17.1 Å². The molecule has 4 rings (SSSR count). The lowest BCUT2D eigenvalue weighted by Gasteiger charge is -2.13. The lowest BCUT2D eigenvalue weighted by Crippen LogP contribution is -2.00. The fraction of sp³-hybridized carbons (Fsp3) is 0. The van der Waals surface area contributed by atoms with Gasteiger partial charge in [-0.1, -0.05) is 24.3 Å². The lowest BCUT2D eigenvalue weighted by molar-refractivity contribution is -0.384. The fourth-order valence-corrected chi connectivity index (χ4v) is 3.53. The Bertz CT molecular complexity index is 1360. The maximum atomic E-state index is 11.4. The lowest BCUT2D eigenvalue weighted by atomic mass is 10.1. The SMILES string of the molecule is Cl.O=[N+]([O-])c1ccc2nc3ccccc3c(Nc3cccc(S(=O)(=O)O)c3)c2c1. The van der Waals surface area contributed by atoms with Gasteiger partial charge in [0, 0.05) is 28.6 Å². The van der Waals surface area contributed by atoms with Crippen molar-refractivity contribution in [2.45, 2.75) is 4.90 Å². The molecule has 0 saturated heterocycles. The van der Waals surface area contributed by atoms with Crippen LogP contribution in [0, 0.1) is 10.1 Å². The number of halogens is 1. The molecule has 0 bridgehead atoms. The van der Waals surface area contributed by atoms with Crippen molar-refractivity contribution in [3.8, 4) is 0 Å². The number of anilines is 2. The van der Waals surface area contributed by atoms with Crippen LogP contribution in [0.5, 0.6) is 0 Å². The highest BCUT2D eigenvalue weighted by atomic mass is 35.5. The summed E-state index contributed by atoms with van der Waals surface area (Å²) in [5, 5.41) is 15.6. The van der Waals surface area contributed by atoms with Gasteiger partial charge in [0.05, 0.1) is 26.5 Å². The first-order chi connectivity index (χ1) is 13.3. The van der Waals surface area contributed by atoms with Crippen molar-refractivity contribution in [3.05, 3.63) is 76.8 Å². The van der Waals surface area contributed by atoms with Crippen molar-refractivity contribution >= 4 is 61.4 Å². The molecule has 29 heavy (non-hydrogen) atoms. The molecule has 0 atom stereocenters. The standard InChI is InChI=1S/C19H13N3O5S.ClH/c23-22(24)13-8-9-18-16(11-13)19(15-6-1-2-7-17(15)21-18)20-12-4-3-5-14(10-12)28(25,26)27;/h1-11H,(H,20,21)(H,25,26,27);1H. The minimum Gasteiger partial charge on any atom is -0.354 e. The number of nitro groups is 1. The first-order valence-corrected chi connectivity index (χ1v) is 9.58. The topological polar surface area (TPSA) is 122 Å². The summed E-state index contributed by atoms with van der Waals surface area (Å²) >= 11 is 0. The quantitative estimate of drug-likeness (QED) is 0.207. The van der Waals surface area contributed by atoms with Crippen LogP contribution >= 0.6 is 12.4 Å². The van der Waals surface area contributed by atoms with E-state index < -0.39 is 15.0 Å². The molecule has 0 aliphatic heterocycles. The van der Waals surface area contributed by atoms with Crippen LogP contribution in [0.1, 0.15) is 0 Å². The average Bonchev–Trinajstić information content (AvgIpc) is 2.67. The van der Waals surface area contributed by atoms with Gasteiger partial charge in [0.1, 0.15) is 0 Å².